The number of ketones is 1. The smallest absolute Gasteiger partial charge is 0.217 e. The van der Waals surface area contributed by atoms with Gasteiger partial charge in [-0.2, -0.15) is 0 Å². The first kappa shape index (κ1) is 8.69. The summed E-state index contributed by atoms with van der Waals surface area (Å²) < 4.78 is 5.06. The number of carbonyl (C=O) groups is 1. The van der Waals surface area contributed by atoms with Crippen molar-refractivity contribution in [3.8, 4) is 0 Å². The zero-order valence-electron chi connectivity index (χ0n) is 7.51. The molecule has 0 aliphatic carbocycles. The largest absolute Gasteiger partial charge is 0.472 e. The third kappa shape index (κ3) is 1.88. The molecular formula is C11H9NO2. The quantitative estimate of drug-likeness (QED) is 0.523. The fourth-order valence-corrected chi connectivity index (χ4v) is 1.16. The molecule has 0 spiro atoms. The number of hydrogen-bond donors (Lipinski definition) is 0. The molecule has 3 heteroatoms. The predicted molar refractivity (Wildman–Crippen MR) is 53.3 cm³/mol. The highest BCUT2D eigenvalue weighted by Crippen LogP contribution is 2.08. The maximum Gasteiger partial charge on any atom is 0.217 e. The molecule has 1 heterocycles. The Morgan fingerprint density at radius 1 is 1.36 bits per heavy atom. The van der Waals surface area contributed by atoms with Gasteiger partial charge in [0.25, 0.3) is 0 Å². The molecule has 0 amide bonds. The van der Waals surface area contributed by atoms with Gasteiger partial charge in [0.15, 0.2) is 5.78 Å². The number of ether oxygens (including phenoxy) is 1. The Bertz CT molecular complexity index is 393. The van der Waals surface area contributed by atoms with Crippen LogP contribution in [0.5, 0.6) is 0 Å². The minimum atomic E-state index is -0.0837. The minimum absolute atomic E-state index is 0.0837. The predicted octanol–water partition coefficient (Wildman–Crippen LogP) is 1.81. The average molecular weight is 187 g/mol. The standard InChI is InChI=1S/C11H9NO2/c13-10(8-11-12-6-7-14-11)9-4-2-1-3-5-9/h1-6,8H,7H2. The molecule has 1 aromatic rings. The number of carbonyl (C=O) groups excluding carboxylic acids is 1. The van der Waals surface area contributed by atoms with Gasteiger partial charge in [0.1, 0.15) is 6.61 Å². The van der Waals surface area contributed by atoms with E-state index in [1.54, 1.807) is 18.3 Å². The van der Waals surface area contributed by atoms with E-state index in [2.05, 4.69) is 4.99 Å². The number of aliphatic imine (C=N–C) groups is 1. The van der Waals surface area contributed by atoms with Crippen LogP contribution in [0.25, 0.3) is 0 Å². The van der Waals surface area contributed by atoms with Crippen molar-refractivity contribution in [3.05, 3.63) is 47.9 Å². The van der Waals surface area contributed by atoms with Crippen LogP contribution < -0.4 is 0 Å². The third-order valence-electron chi connectivity index (χ3n) is 1.84. The van der Waals surface area contributed by atoms with E-state index < -0.39 is 0 Å². The zero-order chi connectivity index (χ0) is 9.80. The number of rotatable bonds is 2. The van der Waals surface area contributed by atoms with Crippen LogP contribution in [0.2, 0.25) is 0 Å². The maximum atomic E-state index is 11.6. The van der Waals surface area contributed by atoms with Crippen LogP contribution in [0, 0.1) is 0 Å². The second-order valence-corrected chi connectivity index (χ2v) is 2.84. The molecule has 0 saturated heterocycles. The topological polar surface area (TPSA) is 38.7 Å². The van der Waals surface area contributed by atoms with Crippen LogP contribution in [0.15, 0.2) is 47.3 Å². The van der Waals surface area contributed by atoms with Crippen LogP contribution in [0.4, 0.5) is 0 Å². The molecule has 0 fully saturated rings. The summed E-state index contributed by atoms with van der Waals surface area (Å²) in [5.41, 5.74) is 0.644. The van der Waals surface area contributed by atoms with Crippen molar-refractivity contribution in [2.75, 3.05) is 6.61 Å². The first-order chi connectivity index (χ1) is 6.86. The summed E-state index contributed by atoms with van der Waals surface area (Å²) in [6.07, 6.45) is 3.03. The highest BCUT2D eigenvalue weighted by atomic mass is 16.5. The van der Waals surface area contributed by atoms with Crippen LogP contribution in [-0.2, 0) is 4.74 Å². The monoisotopic (exact) mass is 187 g/mol. The highest BCUT2D eigenvalue weighted by molar-refractivity contribution is 6.04. The zero-order valence-corrected chi connectivity index (χ0v) is 7.51. The number of benzene rings is 1. The van der Waals surface area contributed by atoms with Gasteiger partial charge in [-0.1, -0.05) is 30.3 Å². The molecule has 0 atom stereocenters. The maximum absolute atomic E-state index is 11.6. The Hall–Kier alpha value is -1.90. The molecule has 14 heavy (non-hydrogen) atoms. The molecule has 0 bridgehead atoms. The SMILES string of the molecule is O=C(C=C1N=CCO1)c1ccccc1. The van der Waals surface area contributed by atoms with E-state index in [0.717, 1.165) is 0 Å². The molecule has 0 saturated carbocycles. The summed E-state index contributed by atoms with van der Waals surface area (Å²) in [5, 5.41) is 0. The van der Waals surface area contributed by atoms with Crippen LogP contribution >= 0.6 is 0 Å². The van der Waals surface area contributed by atoms with Crippen molar-refractivity contribution < 1.29 is 9.53 Å². The third-order valence-corrected chi connectivity index (χ3v) is 1.84. The van der Waals surface area contributed by atoms with E-state index in [1.807, 2.05) is 18.2 Å². The minimum Gasteiger partial charge on any atom is -0.472 e. The van der Waals surface area contributed by atoms with Crippen LogP contribution in [-0.4, -0.2) is 18.6 Å². The lowest BCUT2D eigenvalue weighted by molar-refractivity contribution is 0.104. The van der Waals surface area contributed by atoms with E-state index >= 15 is 0 Å². The first-order valence-electron chi connectivity index (χ1n) is 4.33. The molecule has 3 nitrogen and oxygen atoms in total. The molecule has 1 aliphatic heterocycles. The summed E-state index contributed by atoms with van der Waals surface area (Å²) in [4.78, 5) is 15.5. The Labute approximate surface area is 81.7 Å². The Kier molecular flexibility index (Phi) is 2.40. The van der Waals surface area contributed by atoms with Gasteiger partial charge in [-0.25, -0.2) is 4.99 Å². The number of hydrogen-bond acceptors (Lipinski definition) is 3. The van der Waals surface area contributed by atoms with Crippen molar-refractivity contribution in [2.24, 2.45) is 4.99 Å². The van der Waals surface area contributed by atoms with E-state index in [1.165, 1.54) is 6.08 Å². The summed E-state index contributed by atoms with van der Waals surface area (Å²) >= 11 is 0. The fraction of sp³-hybridized carbons (Fsp3) is 0.0909. The molecule has 70 valence electrons. The van der Waals surface area contributed by atoms with Gasteiger partial charge in [-0.3, -0.25) is 4.79 Å². The Morgan fingerprint density at radius 2 is 2.14 bits per heavy atom. The fourth-order valence-electron chi connectivity index (χ4n) is 1.16. The van der Waals surface area contributed by atoms with Crippen molar-refractivity contribution >= 4 is 12.0 Å². The van der Waals surface area contributed by atoms with Gasteiger partial charge >= 0.3 is 0 Å². The molecule has 2 rings (SSSR count). The number of allylic oxidation sites excluding steroid dienone is 1. The van der Waals surface area contributed by atoms with Crippen molar-refractivity contribution in [1.82, 2.24) is 0 Å². The second kappa shape index (κ2) is 3.87. The van der Waals surface area contributed by atoms with Gasteiger partial charge in [0.2, 0.25) is 5.88 Å². The van der Waals surface area contributed by atoms with Gasteiger partial charge in [-0.15, -0.1) is 0 Å². The van der Waals surface area contributed by atoms with E-state index in [9.17, 15) is 4.79 Å². The van der Waals surface area contributed by atoms with Gasteiger partial charge in [0.05, 0.1) is 0 Å². The molecule has 1 aliphatic rings. The van der Waals surface area contributed by atoms with Crippen LogP contribution in [0.1, 0.15) is 10.4 Å². The molecule has 0 radical (unpaired) electrons. The van der Waals surface area contributed by atoms with E-state index in [-0.39, 0.29) is 5.78 Å². The summed E-state index contributed by atoms with van der Waals surface area (Å²) in [6.45, 7) is 0.452. The second-order valence-electron chi connectivity index (χ2n) is 2.84. The summed E-state index contributed by atoms with van der Waals surface area (Å²) in [7, 11) is 0. The Morgan fingerprint density at radius 3 is 2.79 bits per heavy atom. The summed E-state index contributed by atoms with van der Waals surface area (Å²) in [5.74, 6) is 0.304. The van der Waals surface area contributed by atoms with Gasteiger partial charge in [0, 0.05) is 17.9 Å². The van der Waals surface area contributed by atoms with Crippen molar-refractivity contribution in [1.29, 1.82) is 0 Å². The van der Waals surface area contributed by atoms with Gasteiger partial charge < -0.3 is 4.74 Å². The van der Waals surface area contributed by atoms with Crippen molar-refractivity contribution in [2.45, 2.75) is 0 Å². The lowest BCUT2D eigenvalue weighted by Gasteiger charge is -1.96. The molecule has 0 aromatic heterocycles. The average Bonchev–Trinajstić information content (AvgIpc) is 2.72. The van der Waals surface area contributed by atoms with Gasteiger partial charge in [-0.05, 0) is 0 Å². The molecule has 0 unspecified atom stereocenters. The lowest BCUT2D eigenvalue weighted by atomic mass is 10.1. The molecule has 0 N–H and O–H groups in total. The molecule has 1 aromatic carbocycles. The Balaban J connectivity index is 2.17. The highest BCUT2D eigenvalue weighted by Gasteiger charge is 2.06. The first-order valence-corrected chi connectivity index (χ1v) is 4.33. The van der Waals surface area contributed by atoms with Crippen molar-refractivity contribution in [3.63, 3.8) is 0 Å². The lowest BCUT2D eigenvalue weighted by Crippen LogP contribution is -1.95. The van der Waals surface area contributed by atoms with Crippen LogP contribution in [0.3, 0.4) is 0 Å². The van der Waals surface area contributed by atoms with E-state index in [4.69, 9.17) is 4.74 Å². The normalized spacial score (nSPS) is 17.0. The number of nitrogens with zero attached hydrogens (tertiary/aromatic N) is 1. The van der Waals surface area contributed by atoms with E-state index in [0.29, 0.717) is 18.1 Å². The summed E-state index contributed by atoms with van der Waals surface area (Å²) in [6, 6.07) is 9.04. The molecular weight excluding hydrogens is 178 g/mol.